The SMILES string of the molecule is OC1(CNCC2=CCCOC2)CCCCC1. The maximum absolute atomic E-state index is 10.3. The molecule has 2 rings (SSSR count). The van der Waals surface area contributed by atoms with Gasteiger partial charge in [0.15, 0.2) is 0 Å². The smallest absolute Gasteiger partial charge is 0.0771 e. The Bertz CT molecular complexity index is 244. The number of aliphatic hydroxyl groups is 1. The molecule has 0 amide bonds. The van der Waals surface area contributed by atoms with E-state index in [-0.39, 0.29) is 0 Å². The number of ether oxygens (including phenoxy) is 1. The zero-order valence-corrected chi connectivity index (χ0v) is 10.0. The van der Waals surface area contributed by atoms with Crippen LogP contribution in [-0.4, -0.2) is 37.0 Å². The van der Waals surface area contributed by atoms with E-state index in [2.05, 4.69) is 11.4 Å². The Morgan fingerprint density at radius 1 is 1.31 bits per heavy atom. The van der Waals surface area contributed by atoms with Gasteiger partial charge in [0.1, 0.15) is 0 Å². The molecule has 1 heterocycles. The van der Waals surface area contributed by atoms with Gasteiger partial charge >= 0.3 is 0 Å². The summed E-state index contributed by atoms with van der Waals surface area (Å²) in [5, 5.41) is 13.7. The number of rotatable bonds is 4. The lowest BCUT2D eigenvalue weighted by Gasteiger charge is -2.32. The lowest BCUT2D eigenvalue weighted by atomic mass is 9.85. The van der Waals surface area contributed by atoms with Crippen LogP contribution in [0.4, 0.5) is 0 Å². The van der Waals surface area contributed by atoms with Crippen molar-refractivity contribution in [2.75, 3.05) is 26.3 Å². The summed E-state index contributed by atoms with van der Waals surface area (Å²) in [5.41, 5.74) is 0.875. The molecule has 0 atom stereocenters. The van der Waals surface area contributed by atoms with E-state index in [9.17, 15) is 5.11 Å². The second kappa shape index (κ2) is 5.80. The fourth-order valence-corrected chi connectivity index (χ4v) is 2.57. The molecule has 0 saturated heterocycles. The molecule has 1 fully saturated rings. The van der Waals surface area contributed by atoms with Crippen LogP contribution in [-0.2, 0) is 4.74 Å². The lowest BCUT2D eigenvalue weighted by molar-refractivity contribution is 0.00534. The second-order valence-electron chi connectivity index (χ2n) is 5.09. The van der Waals surface area contributed by atoms with Crippen molar-refractivity contribution in [3.8, 4) is 0 Å². The van der Waals surface area contributed by atoms with Gasteiger partial charge in [-0.2, -0.15) is 0 Å². The van der Waals surface area contributed by atoms with E-state index < -0.39 is 5.60 Å². The van der Waals surface area contributed by atoms with Crippen LogP contribution in [0, 0.1) is 0 Å². The molecular weight excluding hydrogens is 202 g/mol. The largest absolute Gasteiger partial charge is 0.389 e. The molecule has 1 aliphatic carbocycles. The van der Waals surface area contributed by atoms with Crippen LogP contribution in [0.1, 0.15) is 38.5 Å². The summed E-state index contributed by atoms with van der Waals surface area (Å²) in [5.74, 6) is 0. The van der Waals surface area contributed by atoms with Crippen LogP contribution in [0.2, 0.25) is 0 Å². The zero-order valence-electron chi connectivity index (χ0n) is 10.0. The summed E-state index contributed by atoms with van der Waals surface area (Å²) < 4.78 is 5.38. The van der Waals surface area contributed by atoms with E-state index in [1.54, 1.807) is 0 Å². The van der Waals surface area contributed by atoms with E-state index in [1.165, 1.54) is 24.8 Å². The standard InChI is InChI=1S/C13H23NO2/c15-13(6-2-1-3-7-13)11-14-9-12-5-4-8-16-10-12/h5,14-15H,1-4,6-11H2. The highest BCUT2D eigenvalue weighted by Gasteiger charge is 2.28. The fourth-order valence-electron chi connectivity index (χ4n) is 2.57. The Morgan fingerprint density at radius 2 is 2.12 bits per heavy atom. The Morgan fingerprint density at radius 3 is 2.81 bits per heavy atom. The van der Waals surface area contributed by atoms with Gasteiger partial charge in [0, 0.05) is 13.1 Å². The number of nitrogens with one attached hydrogen (secondary N) is 1. The highest BCUT2D eigenvalue weighted by Crippen LogP contribution is 2.27. The lowest BCUT2D eigenvalue weighted by Crippen LogP contribution is -2.42. The van der Waals surface area contributed by atoms with Gasteiger partial charge in [0.2, 0.25) is 0 Å². The van der Waals surface area contributed by atoms with Crippen LogP contribution in [0.5, 0.6) is 0 Å². The maximum atomic E-state index is 10.3. The summed E-state index contributed by atoms with van der Waals surface area (Å²) in [7, 11) is 0. The van der Waals surface area contributed by atoms with Gasteiger partial charge in [0.25, 0.3) is 0 Å². The summed E-state index contributed by atoms with van der Waals surface area (Å²) in [4.78, 5) is 0. The van der Waals surface area contributed by atoms with E-state index in [4.69, 9.17) is 4.74 Å². The molecule has 3 heteroatoms. The van der Waals surface area contributed by atoms with Crippen LogP contribution in [0.25, 0.3) is 0 Å². The fraction of sp³-hybridized carbons (Fsp3) is 0.846. The van der Waals surface area contributed by atoms with Crippen molar-refractivity contribution in [1.82, 2.24) is 5.32 Å². The van der Waals surface area contributed by atoms with Gasteiger partial charge < -0.3 is 15.2 Å². The Labute approximate surface area is 97.9 Å². The van der Waals surface area contributed by atoms with E-state index in [0.717, 1.165) is 45.6 Å². The van der Waals surface area contributed by atoms with E-state index >= 15 is 0 Å². The van der Waals surface area contributed by atoms with Crippen LogP contribution >= 0.6 is 0 Å². The molecule has 0 aromatic rings. The third-order valence-electron chi connectivity index (χ3n) is 3.57. The van der Waals surface area contributed by atoms with Crippen molar-refractivity contribution in [1.29, 1.82) is 0 Å². The van der Waals surface area contributed by atoms with E-state index in [0.29, 0.717) is 0 Å². The molecule has 0 unspecified atom stereocenters. The minimum Gasteiger partial charge on any atom is -0.389 e. The summed E-state index contributed by atoms with van der Waals surface area (Å²) >= 11 is 0. The van der Waals surface area contributed by atoms with Crippen molar-refractivity contribution in [3.05, 3.63) is 11.6 Å². The Balaban J connectivity index is 1.68. The molecule has 2 N–H and O–H groups in total. The normalized spacial score (nSPS) is 25.2. The van der Waals surface area contributed by atoms with Crippen molar-refractivity contribution < 1.29 is 9.84 Å². The molecule has 92 valence electrons. The highest BCUT2D eigenvalue weighted by atomic mass is 16.5. The molecular formula is C13H23NO2. The topological polar surface area (TPSA) is 41.5 Å². The van der Waals surface area contributed by atoms with Gasteiger partial charge in [0.05, 0.1) is 18.8 Å². The van der Waals surface area contributed by atoms with Gasteiger partial charge in [-0.05, 0) is 24.8 Å². The molecule has 16 heavy (non-hydrogen) atoms. The average Bonchev–Trinajstić information content (AvgIpc) is 2.31. The van der Waals surface area contributed by atoms with Crippen molar-refractivity contribution in [2.24, 2.45) is 0 Å². The van der Waals surface area contributed by atoms with Gasteiger partial charge in [-0.1, -0.05) is 25.3 Å². The first-order chi connectivity index (χ1) is 7.79. The molecule has 3 nitrogen and oxygen atoms in total. The van der Waals surface area contributed by atoms with Gasteiger partial charge in [-0.15, -0.1) is 0 Å². The molecule has 2 aliphatic rings. The number of hydrogen-bond donors (Lipinski definition) is 2. The monoisotopic (exact) mass is 225 g/mol. The minimum absolute atomic E-state index is 0.450. The first-order valence-electron chi connectivity index (χ1n) is 6.47. The predicted octanol–water partition coefficient (Wildman–Crippen LogP) is 1.62. The average molecular weight is 225 g/mol. The minimum atomic E-state index is -0.450. The molecule has 0 spiro atoms. The quantitative estimate of drug-likeness (QED) is 0.714. The van der Waals surface area contributed by atoms with Gasteiger partial charge in [-0.3, -0.25) is 0 Å². The van der Waals surface area contributed by atoms with Crippen LogP contribution in [0.3, 0.4) is 0 Å². The van der Waals surface area contributed by atoms with Crippen molar-refractivity contribution in [3.63, 3.8) is 0 Å². The van der Waals surface area contributed by atoms with Crippen LogP contribution < -0.4 is 5.32 Å². The first kappa shape index (κ1) is 12.1. The highest BCUT2D eigenvalue weighted by molar-refractivity contribution is 5.07. The van der Waals surface area contributed by atoms with E-state index in [1.807, 2.05) is 0 Å². The molecule has 1 aliphatic heterocycles. The predicted molar refractivity (Wildman–Crippen MR) is 64.4 cm³/mol. The number of hydrogen-bond acceptors (Lipinski definition) is 3. The molecule has 0 aromatic carbocycles. The van der Waals surface area contributed by atoms with Crippen molar-refractivity contribution in [2.45, 2.75) is 44.1 Å². The molecule has 0 bridgehead atoms. The Kier molecular flexibility index (Phi) is 4.38. The molecule has 0 radical (unpaired) electrons. The van der Waals surface area contributed by atoms with Gasteiger partial charge in [-0.25, -0.2) is 0 Å². The summed E-state index contributed by atoms with van der Waals surface area (Å²) in [6.07, 6.45) is 8.81. The van der Waals surface area contributed by atoms with Crippen molar-refractivity contribution >= 4 is 0 Å². The third kappa shape index (κ3) is 3.58. The zero-order chi connectivity index (χ0) is 11.3. The second-order valence-corrected chi connectivity index (χ2v) is 5.09. The summed E-state index contributed by atoms with van der Waals surface area (Å²) in [6.45, 7) is 3.20. The first-order valence-corrected chi connectivity index (χ1v) is 6.47. The third-order valence-corrected chi connectivity index (χ3v) is 3.57. The molecule has 0 aromatic heterocycles. The Hall–Kier alpha value is -0.380. The molecule has 1 saturated carbocycles. The summed E-state index contributed by atoms with van der Waals surface area (Å²) in [6, 6.07) is 0. The maximum Gasteiger partial charge on any atom is 0.0771 e. The van der Waals surface area contributed by atoms with Crippen LogP contribution in [0.15, 0.2) is 11.6 Å².